The molecule has 6 heteroatoms. The highest BCUT2D eigenvalue weighted by Gasteiger charge is 2.27. The molecule has 0 bridgehead atoms. The molecular formula is C10H9F4NO. The topological polar surface area (TPSA) is 29.1 Å². The second-order valence-electron chi connectivity index (χ2n) is 3.32. The molecule has 0 atom stereocenters. The van der Waals surface area contributed by atoms with Gasteiger partial charge in [0.1, 0.15) is 12.4 Å². The highest BCUT2D eigenvalue weighted by Crippen LogP contribution is 2.13. The molecule has 1 N–H and O–H groups in total. The summed E-state index contributed by atoms with van der Waals surface area (Å²) in [5, 5.41) is 1.66. The van der Waals surface area contributed by atoms with Gasteiger partial charge in [0, 0.05) is 5.56 Å². The summed E-state index contributed by atoms with van der Waals surface area (Å²) in [6, 6.07) is 3.38. The lowest BCUT2D eigenvalue weighted by molar-refractivity contribution is -0.123. The third-order valence-corrected chi connectivity index (χ3v) is 1.75. The fourth-order valence-corrected chi connectivity index (χ4v) is 1.15. The molecule has 0 aliphatic rings. The maximum Gasteiger partial charge on any atom is 0.405 e. The van der Waals surface area contributed by atoms with E-state index in [1.54, 1.807) is 12.2 Å². The van der Waals surface area contributed by atoms with Crippen LogP contribution in [0.2, 0.25) is 0 Å². The normalized spacial score (nSPS) is 11.3. The monoisotopic (exact) mass is 235 g/mol. The van der Waals surface area contributed by atoms with Crippen molar-refractivity contribution in [2.45, 2.75) is 13.1 Å². The van der Waals surface area contributed by atoms with Crippen molar-refractivity contribution in [3.8, 4) is 0 Å². The molecule has 0 radical (unpaired) electrons. The van der Waals surface area contributed by atoms with Crippen molar-refractivity contribution in [1.29, 1.82) is 0 Å². The molecule has 2 nitrogen and oxygen atoms in total. The number of hydrogen-bond acceptors (Lipinski definition) is 1. The zero-order valence-corrected chi connectivity index (χ0v) is 8.36. The molecule has 16 heavy (non-hydrogen) atoms. The van der Waals surface area contributed by atoms with Crippen LogP contribution >= 0.6 is 0 Å². The quantitative estimate of drug-likeness (QED) is 0.783. The standard InChI is InChI=1S/C10H9F4NO/c1-6-2-7(4-8(11)3-6)9(16)15-5-10(12,13)14/h2-4H,5H2,1H3,(H,15,16). The van der Waals surface area contributed by atoms with E-state index in [1.165, 1.54) is 12.1 Å². The Kier molecular flexibility index (Phi) is 3.51. The Morgan fingerprint density at radius 3 is 2.44 bits per heavy atom. The summed E-state index contributed by atoms with van der Waals surface area (Å²) in [5.41, 5.74) is 0.346. The fraction of sp³-hybridized carbons (Fsp3) is 0.300. The summed E-state index contributed by atoms with van der Waals surface area (Å²) < 4.78 is 48.3. The van der Waals surface area contributed by atoms with Crippen LogP contribution in [0.3, 0.4) is 0 Å². The van der Waals surface area contributed by atoms with Gasteiger partial charge in [-0.05, 0) is 30.7 Å². The molecule has 1 aromatic carbocycles. The molecular weight excluding hydrogens is 226 g/mol. The number of aryl methyl sites for hydroxylation is 1. The van der Waals surface area contributed by atoms with Crippen LogP contribution < -0.4 is 5.32 Å². The molecule has 88 valence electrons. The van der Waals surface area contributed by atoms with E-state index in [0.717, 1.165) is 6.07 Å². The second-order valence-corrected chi connectivity index (χ2v) is 3.32. The minimum absolute atomic E-state index is 0.123. The largest absolute Gasteiger partial charge is 0.405 e. The van der Waals surface area contributed by atoms with E-state index in [9.17, 15) is 22.4 Å². The number of carbonyl (C=O) groups is 1. The number of carbonyl (C=O) groups excluding carboxylic acids is 1. The average Bonchev–Trinajstić information content (AvgIpc) is 2.11. The molecule has 0 saturated carbocycles. The Morgan fingerprint density at radius 1 is 1.31 bits per heavy atom. The minimum Gasteiger partial charge on any atom is -0.343 e. The summed E-state index contributed by atoms with van der Waals surface area (Å²) >= 11 is 0. The number of rotatable bonds is 2. The zero-order chi connectivity index (χ0) is 12.3. The van der Waals surface area contributed by atoms with Gasteiger partial charge in [-0.2, -0.15) is 13.2 Å². The van der Waals surface area contributed by atoms with Crippen molar-refractivity contribution in [2.75, 3.05) is 6.54 Å². The van der Waals surface area contributed by atoms with Crippen molar-refractivity contribution in [1.82, 2.24) is 5.32 Å². The fourth-order valence-electron chi connectivity index (χ4n) is 1.15. The Balaban J connectivity index is 2.73. The number of amides is 1. The summed E-state index contributed by atoms with van der Waals surface area (Å²) in [6.07, 6.45) is -4.47. The molecule has 1 rings (SSSR count). The van der Waals surface area contributed by atoms with E-state index >= 15 is 0 Å². The number of halogens is 4. The smallest absolute Gasteiger partial charge is 0.343 e. The van der Waals surface area contributed by atoms with E-state index in [2.05, 4.69) is 0 Å². The highest BCUT2D eigenvalue weighted by atomic mass is 19.4. The highest BCUT2D eigenvalue weighted by molar-refractivity contribution is 5.94. The third-order valence-electron chi connectivity index (χ3n) is 1.75. The predicted molar refractivity (Wildman–Crippen MR) is 49.5 cm³/mol. The van der Waals surface area contributed by atoms with Crippen molar-refractivity contribution in [3.63, 3.8) is 0 Å². The minimum atomic E-state index is -4.47. The number of hydrogen-bond donors (Lipinski definition) is 1. The molecule has 0 saturated heterocycles. The predicted octanol–water partition coefficient (Wildman–Crippen LogP) is 2.43. The summed E-state index contributed by atoms with van der Waals surface area (Å²) in [4.78, 5) is 11.2. The van der Waals surface area contributed by atoms with Crippen LogP contribution in [0, 0.1) is 12.7 Å². The summed E-state index contributed by atoms with van der Waals surface area (Å²) in [7, 11) is 0. The molecule has 0 aliphatic carbocycles. The molecule has 0 fully saturated rings. The van der Waals surface area contributed by atoms with Crippen molar-refractivity contribution in [3.05, 3.63) is 35.1 Å². The summed E-state index contributed by atoms with van der Waals surface area (Å²) in [5.74, 6) is -1.60. The van der Waals surface area contributed by atoms with Crippen molar-refractivity contribution >= 4 is 5.91 Å². The van der Waals surface area contributed by atoms with Gasteiger partial charge in [0.05, 0.1) is 0 Å². The van der Waals surface area contributed by atoms with Gasteiger partial charge in [-0.1, -0.05) is 0 Å². The van der Waals surface area contributed by atoms with Gasteiger partial charge in [-0.15, -0.1) is 0 Å². The van der Waals surface area contributed by atoms with E-state index in [-0.39, 0.29) is 5.56 Å². The van der Waals surface area contributed by atoms with Gasteiger partial charge in [-0.25, -0.2) is 4.39 Å². The Morgan fingerprint density at radius 2 is 1.94 bits per heavy atom. The average molecular weight is 235 g/mol. The number of nitrogens with one attached hydrogen (secondary N) is 1. The lowest BCUT2D eigenvalue weighted by atomic mass is 10.1. The van der Waals surface area contributed by atoms with Gasteiger partial charge < -0.3 is 5.32 Å². The second kappa shape index (κ2) is 4.51. The van der Waals surface area contributed by atoms with Crippen LogP contribution in [0.4, 0.5) is 17.6 Å². The SMILES string of the molecule is Cc1cc(F)cc(C(=O)NCC(F)(F)F)c1. The molecule has 0 aliphatic heterocycles. The number of benzene rings is 1. The van der Waals surface area contributed by atoms with E-state index < -0.39 is 24.4 Å². The van der Waals surface area contributed by atoms with Gasteiger partial charge in [0.25, 0.3) is 5.91 Å². The molecule has 1 aromatic rings. The first kappa shape index (κ1) is 12.5. The van der Waals surface area contributed by atoms with Crippen LogP contribution in [0.15, 0.2) is 18.2 Å². The first-order valence-corrected chi connectivity index (χ1v) is 4.40. The van der Waals surface area contributed by atoms with Gasteiger partial charge in [-0.3, -0.25) is 4.79 Å². The Bertz CT molecular complexity index is 380. The summed E-state index contributed by atoms with van der Waals surface area (Å²) in [6.45, 7) is 0.116. The van der Waals surface area contributed by atoms with Gasteiger partial charge >= 0.3 is 6.18 Å². The van der Waals surface area contributed by atoms with E-state index in [4.69, 9.17) is 0 Å². The lowest BCUT2D eigenvalue weighted by Gasteiger charge is -2.08. The van der Waals surface area contributed by atoms with Crippen LogP contribution in [0.1, 0.15) is 15.9 Å². The van der Waals surface area contributed by atoms with Crippen LogP contribution in [-0.4, -0.2) is 18.6 Å². The zero-order valence-electron chi connectivity index (χ0n) is 8.36. The van der Waals surface area contributed by atoms with Crippen molar-refractivity contribution in [2.24, 2.45) is 0 Å². The maximum atomic E-state index is 12.9. The van der Waals surface area contributed by atoms with Crippen LogP contribution in [0.5, 0.6) is 0 Å². The number of alkyl halides is 3. The first-order chi connectivity index (χ1) is 7.28. The molecule has 0 unspecified atom stereocenters. The first-order valence-electron chi connectivity index (χ1n) is 4.40. The van der Waals surface area contributed by atoms with Crippen LogP contribution in [-0.2, 0) is 0 Å². The van der Waals surface area contributed by atoms with E-state index in [1.807, 2.05) is 0 Å². The maximum absolute atomic E-state index is 12.9. The lowest BCUT2D eigenvalue weighted by Crippen LogP contribution is -2.33. The Labute approximate surface area is 89.3 Å². The Hall–Kier alpha value is -1.59. The van der Waals surface area contributed by atoms with Crippen LogP contribution in [0.25, 0.3) is 0 Å². The molecule has 0 heterocycles. The van der Waals surface area contributed by atoms with Gasteiger partial charge in [0.15, 0.2) is 0 Å². The molecule has 0 spiro atoms. The molecule has 1 amide bonds. The van der Waals surface area contributed by atoms with Crippen molar-refractivity contribution < 1.29 is 22.4 Å². The van der Waals surface area contributed by atoms with Gasteiger partial charge in [0.2, 0.25) is 0 Å². The van der Waals surface area contributed by atoms with E-state index in [0.29, 0.717) is 5.56 Å². The third kappa shape index (κ3) is 3.88. The molecule has 0 aromatic heterocycles.